The Kier molecular flexibility index (Phi) is 6.89. The molecule has 0 saturated carbocycles. The Morgan fingerprint density at radius 2 is 2.03 bits per heavy atom. The first-order valence-corrected chi connectivity index (χ1v) is 11.7. The van der Waals surface area contributed by atoms with Crippen LogP contribution in [0.2, 0.25) is 5.02 Å². The van der Waals surface area contributed by atoms with Crippen LogP contribution in [0, 0.1) is 12.8 Å². The van der Waals surface area contributed by atoms with Gasteiger partial charge in [-0.05, 0) is 56.1 Å². The highest BCUT2D eigenvalue weighted by Crippen LogP contribution is 2.30. The fourth-order valence-corrected chi connectivity index (χ4v) is 5.07. The van der Waals surface area contributed by atoms with Crippen molar-refractivity contribution < 1.29 is 9.59 Å². The maximum Gasteiger partial charge on any atom is 0.267 e. The van der Waals surface area contributed by atoms with Crippen LogP contribution < -0.4 is 11.1 Å². The smallest absolute Gasteiger partial charge is 0.267 e. The molecule has 1 fully saturated rings. The number of hydrogen-bond donors (Lipinski definition) is 2. The van der Waals surface area contributed by atoms with Crippen LogP contribution in [0.5, 0.6) is 0 Å². The van der Waals surface area contributed by atoms with E-state index in [-0.39, 0.29) is 17.7 Å². The number of carbonyl (C=O) groups is 2. The number of benzene rings is 2. The lowest BCUT2D eigenvalue weighted by Crippen LogP contribution is -2.40. The Morgan fingerprint density at radius 1 is 1.25 bits per heavy atom. The number of nitrogens with one attached hydrogen (secondary N) is 1. The van der Waals surface area contributed by atoms with Crippen molar-refractivity contribution in [1.82, 2.24) is 9.88 Å². The summed E-state index contributed by atoms with van der Waals surface area (Å²) in [5.74, 6) is -0.465. The molecule has 32 heavy (non-hydrogen) atoms. The number of rotatable bonds is 6. The van der Waals surface area contributed by atoms with Crippen LogP contribution >= 0.6 is 22.9 Å². The molecule has 2 heterocycles. The molecule has 0 aliphatic carbocycles. The van der Waals surface area contributed by atoms with E-state index in [1.54, 1.807) is 0 Å². The molecule has 166 valence electrons. The van der Waals surface area contributed by atoms with Gasteiger partial charge in [-0.1, -0.05) is 35.9 Å². The van der Waals surface area contributed by atoms with Crippen molar-refractivity contribution in [3.8, 4) is 10.6 Å². The lowest BCUT2D eigenvalue weighted by atomic mass is 9.97. The molecule has 1 aliphatic heterocycles. The first-order valence-electron chi connectivity index (χ1n) is 10.5. The quantitative estimate of drug-likeness (QED) is 0.547. The van der Waals surface area contributed by atoms with E-state index < -0.39 is 0 Å². The van der Waals surface area contributed by atoms with Gasteiger partial charge in [0.05, 0.1) is 11.6 Å². The molecule has 2 amide bonds. The number of primary amides is 1. The van der Waals surface area contributed by atoms with Gasteiger partial charge in [0.2, 0.25) is 5.91 Å². The van der Waals surface area contributed by atoms with E-state index in [0.717, 1.165) is 47.8 Å². The number of aromatic nitrogens is 1. The zero-order chi connectivity index (χ0) is 22.7. The minimum absolute atomic E-state index is 0.0678. The van der Waals surface area contributed by atoms with Gasteiger partial charge in [-0.3, -0.25) is 14.5 Å². The lowest BCUT2D eigenvalue weighted by Gasteiger charge is -2.31. The molecule has 4 rings (SSSR count). The van der Waals surface area contributed by atoms with Crippen LogP contribution in [-0.2, 0) is 11.3 Å². The summed E-state index contributed by atoms with van der Waals surface area (Å²) in [6, 6.07) is 15.2. The van der Waals surface area contributed by atoms with E-state index in [4.69, 9.17) is 17.3 Å². The van der Waals surface area contributed by atoms with Crippen molar-refractivity contribution in [2.75, 3.05) is 18.4 Å². The number of piperidine rings is 1. The molecule has 1 atom stereocenters. The predicted molar refractivity (Wildman–Crippen MR) is 129 cm³/mol. The molecule has 3 aromatic rings. The summed E-state index contributed by atoms with van der Waals surface area (Å²) in [5, 5.41) is 4.36. The summed E-state index contributed by atoms with van der Waals surface area (Å²) >= 11 is 7.43. The number of aryl methyl sites for hydroxylation is 1. The Balaban J connectivity index is 1.39. The first-order chi connectivity index (χ1) is 15.4. The second kappa shape index (κ2) is 9.81. The monoisotopic (exact) mass is 468 g/mol. The van der Waals surface area contributed by atoms with E-state index in [2.05, 4.69) is 15.2 Å². The molecule has 3 N–H and O–H groups in total. The van der Waals surface area contributed by atoms with E-state index in [9.17, 15) is 9.59 Å². The third-order valence-electron chi connectivity index (χ3n) is 5.60. The molecular formula is C24H25ClN4O2S. The molecule has 0 radical (unpaired) electrons. The number of halogens is 1. The van der Waals surface area contributed by atoms with Crippen LogP contribution in [0.4, 0.5) is 5.69 Å². The summed E-state index contributed by atoms with van der Waals surface area (Å²) in [6.07, 6.45) is 1.85. The summed E-state index contributed by atoms with van der Waals surface area (Å²) < 4.78 is 0. The second-order valence-electron chi connectivity index (χ2n) is 8.07. The van der Waals surface area contributed by atoms with Gasteiger partial charge in [0.15, 0.2) is 0 Å². The van der Waals surface area contributed by atoms with Crippen LogP contribution in [-0.4, -0.2) is 34.8 Å². The molecule has 1 aromatic heterocycles. The highest BCUT2D eigenvalue weighted by molar-refractivity contribution is 7.17. The predicted octanol–water partition coefficient (Wildman–Crippen LogP) is 4.72. The number of amides is 2. The van der Waals surface area contributed by atoms with E-state index >= 15 is 0 Å². The van der Waals surface area contributed by atoms with Crippen molar-refractivity contribution in [2.24, 2.45) is 11.7 Å². The Hall–Kier alpha value is -2.74. The van der Waals surface area contributed by atoms with Gasteiger partial charge in [-0.25, -0.2) is 4.98 Å². The third-order valence-corrected chi connectivity index (χ3v) is 7.04. The summed E-state index contributed by atoms with van der Waals surface area (Å²) in [4.78, 5) is 31.7. The minimum atomic E-state index is -0.218. The average molecular weight is 469 g/mol. The fourth-order valence-electron chi connectivity index (χ4n) is 3.92. The van der Waals surface area contributed by atoms with Gasteiger partial charge in [-0.2, -0.15) is 0 Å². The van der Waals surface area contributed by atoms with Crippen molar-refractivity contribution in [1.29, 1.82) is 0 Å². The molecule has 1 unspecified atom stereocenters. The van der Waals surface area contributed by atoms with Gasteiger partial charge in [0.1, 0.15) is 9.88 Å². The Labute approximate surface area is 196 Å². The first kappa shape index (κ1) is 22.5. The topological polar surface area (TPSA) is 88.3 Å². The molecule has 1 saturated heterocycles. The minimum Gasteiger partial charge on any atom is -0.369 e. The number of nitrogens with two attached hydrogens (primary N) is 1. The van der Waals surface area contributed by atoms with Crippen molar-refractivity contribution in [3.05, 3.63) is 69.7 Å². The van der Waals surface area contributed by atoms with Crippen molar-refractivity contribution in [2.45, 2.75) is 26.3 Å². The number of hydrogen-bond acceptors (Lipinski definition) is 5. The maximum absolute atomic E-state index is 12.8. The van der Waals surface area contributed by atoms with Gasteiger partial charge < -0.3 is 11.1 Å². The van der Waals surface area contributed by atoms with E-state index in [1.165, 1.54) is 11.3 Å². The van der Waals surface area contributed by atoms with Crippen LogP contribution in [0.15, 0.2) is 48.5 Å². The van der Waals surface area contributed by atoms with Crippen LogP contribution in [0.1, 0.15) is 33.8 Å². The fraction of sp³-hybridized carbons (Fsp3) is 0.292. The number of thiazole rings is 1. The Bertz CT molecular complexity index is 1130. The molecular weight excluding hydrogens is 444 g/mol. The number of likely N-dealkylation sites (tertiary alicyclic amines) is 1. The lowest BCUT2D eigenvalue weighted by molar-refractivity contribution is -0.123. The molecule has 8 heteroatoms. The van der Waals surface area contributed by atoms with Crippen LogP contribution in [0.3, 0.4) is 0 Å². The zero-order valence-corrected chi connectivity index (χ0v) is 19.4. The van der Waals surface area contributed by atoms with Gasteiger partial charge in [0, 0.05) is 29.4 Å². The number of anilines is 1. The van der Waals surface area contributed by atoms with Gasteiger partial charge in [0.25, 0.3) is 5.91 Å². The Morgan fingerprint density at radius 3 is 2.75 bits per heavy atom. The van der Waals surface area contributed by atoms with Crippen molar-refractivity contribution in [3.63, 3.8) is 0 Å². The molecule has 6 nitrogen and oxygen atoms in total. The van der Waals surface area contributed by atoms with E-state index in [0.29, 0.717) is 22.1 Å². The SMILES string of the molecule is Cc1nc(-c2cccc(Cl)c2)sc1C(=O)Nc1ccc(CN2CCCC(C(N)=O)C2)cc1. The highest BCUT2D eigenvalue weighted by atomic mass is 35.5. The molecule has 2 aromatic carbocycles. The van der Waals surface area contributed by atoms with E-state index in [1.807, 2.05) is 55.5 Å². The van der Waals surface area contributed by atoms with Gasteiger partial charge >= 0.3 is 0 Å². The normalized spacial score (nSPS) is 16.6. The summed E-state index contributed by atoms with van der Waals surface area (Å²) in [7, 11) is 0. The van der Waals surface area contributed by atoms with Crippen molar-refractivity contribution >= 4 is 40.4 Å². The molecule has 1 aliphatic rings. The van der Waals surface area contributed by atoms with Crippen LogP contribution in [0.25, 0.3) is 10.6 Å². The number of nitrogens with zero attached hydrogens (tertiary/aromatic N) is 2. The zero-order valence-electron chi connectivity index (χ0n) is 17.8. The molecule has 0 spiro atoms. The third kappa shape index (κ3) is 5.35. The van der Waals surface area contributed by atoms with Gasteiger partial charge in [-0.15, -0.1) is 11.3 Å². The molecule has 0 bridgehead atoms. The number of carbonyl (C=O) groups excluding carboxylic acids is 2. The largest absolute Gasteiger partial charge is 0.369 e. The average Bonchev–Trinajstić information content (AvgIpc) is 3.17. The highest BCUT2D eigenvalue weighted by Gasteiger charge is 2.24. The maximum atomic E-state index is 12.8. The standard InChI is InChI=1S/C24H25ClN4O2S/c1-15-21(32-24(27-15)17-4-2-6-19(25)12-17)23(31)28-20-9-7-16(8-10-20)13-29-11-3-5-18(14-29)22(26)30/h2,4,6-10,12,18H,3,5,11,13-14H2,1H3,(H2,26,30)(H,28,31). The second-order valence-corrected chi connectivity index (χ2v) is 9.51. The summed E-state index contributed by atoms with van der Waals surface area (Å²) in [5.41, 5.74) is 8.91. The summed E-state index contributed by atoms with van der Waals surface area (Å²) in [6.45, 7) is 4.25.